The monoisotopic (exact) mass is 271 g/mol. The van der Waals surface area contributed by atoms with Crippen molar-refractivity contribution >= 4 is 11.7 Å². The largest absolute Gasteiger partial charge is 0.495 e. The third kappa shape index (κ3) is 3.29. The third-order valence-corrected chi connectivity index (χ3v) is 2.96. The van der Waals surface area contributed by atoms with E-state index in [0.29, 0.717) is 12.1 Å². The molecule has 0 amide bonds. The molecule has 0 saturated heterocycles. The van der Waals surface area contributed by atoms with Crippen molar-refractivity contribution in [1.29, 1.82) is 0 Å². The fourth-order valence-electron chi connectivity index (χ4n) is 1.86. The Morgan fingerprint density at radius 3 is 2.40 bits per heavy atom. The molecular weight excluding hydrogens is 254 g/mol. The Hall–Kier alpha value is -2.49. The van der Waals surface area contributed by atoms with E-state index in [-0.39, 0.29) is 5.97 Å². The van der Waals surface area contributed by atoms with E-state index in [2.05, 4.69) is 10.1 Å². The van der Waals surface area contributed by atoms with Crippen LogP contribution in [0.1, 0.15) is 15.9 Å². The van der Waals surface area contributed by atoms with Crippen LogP contribution in [0.3, 0.4) is 0 Å². The number of carbonyl (C=O) groups is 1. The van der Waals surface area contributed by atoms with Crippen molar-refractivity contribution in [2.24, 2.45) is 0 Å². The molecule has 0 bridgehead atoms. The summed E-state index contributed by atoms with van der Waals surface area (Å²) in [4.78, 5) is 11.3. The molecule has 4 nitrogen and oxygen atoms in total. The molecule has 0 aromatic heterocycles. The second kappa shape index (κ2) is 6.61. The fraction of sp³-hybridized carbons (Fsp3) is 0.188. The van der Waals surface area contributed by atoms with Gasteiger partial charge in [0.2, 0.25) is 0 Å². The molecule has 0 fully saturated rings. The molecule has 0 spiro atoms. The third-order valence-electron chi connectivity index (χ3n) is 2.96. The van der Waals surface area contributed by atoms with Gasteiger partial charge in [0.1, 0.15) is 5.75 Å². The van der Waals surface area contributed by atoms with Crippen LogP contribution in [0.5, 0.6) is 5.75 Å². The van der Waals surface area contributed by atoms with Gasteiger partial charge in [0.25, 0.3) is 0 Å². The highest BCUT2D eigenvalue weighted by Gasteiger charge is 2.05. The van der Waals surface area contributed by atoms with E-state index >= 15 is 0 Å². The summed E-state index contributed by atoms with van der Waals surface area (Å²) < 4.78 is 9.94. The molecule has 0 heterocycles. The van der Waals surface area contributed by atoms with E-state index in [4.69, 9.17) is 4.74 Å². The van der Waals surface area contributed by atoms with Crippen LogP contribution in [0.4, 0.5) is 5.69 Å². The minimum Gasteiger partial charge on any atom is -0.495 e. The van der Waals surface area contributed by atoms with Gasteiger partial charge in [-0.05, 0) is 29.8 Å². The maximum Gasteiger partial charge on any atom is 0.337 e. The van der Waals surface area contributed by atoms with Crippen LogP contribution in [-0.4, -0.2) is 20.2 Å². The molecule has 0 aliphatic heterocycles. The van der Waals surface area contributed by atoms with Gasteiger partial charge in [0, 0.05) is 6.54 Å². The Kier molecular flexibility index (Phi) is 4.60. The summed E-state index contributed by atoms with van der Waals surface area (Å²) in [6.45, 7) is 0.655. The van der Waals surface area contributed by atoms with Crippen LogP contribution in [-0.2, 0) is 11.3 Å². The Balaban J connectivity index is 2.02. The van der Waals surface area contributed by atoms with Gasteiger partial charge in [-0.2, -0.15) is 0 Å². The average Bonchev–Trinajstić information content (AvgIpc) is 2.53. The van der Waals surface area contributed by atoms with E-state index in [0.717, 1.165) is 17.0 Å². The van der Waals surface area contributed by atoms with E-state index in [1.54, 1.807) is 19.2 Å². The molecular formula is C16H17NO3. The first-order chi connectivity index (χ1) is 9.74. The van der Waals surface area contributed by atoms with E-state index in [9.17, 15) is 4.79 Å². The van der Waals surface area contributed by atoms with Crippen molar-refractivity contribution in [3.8, 4) is 5.75 Å². The van der Waals surface area contributed by atoms with Gasteiger partial charge in [-0.1, -0.05) is 24.3 Å². The number of hydrogen-bond acceptors (Lipinski definition) is 4. The van der Waals surface area contributed by atoms with Crippen LogP contribution in [0.25, 0.3) is 0 Å². The quantitative estimate of drug-likeness (QED) is 0.849. The minimum absolute atomic E-state index is 0.325. The lowest BCUT2D eigenvalue weighted by Crippen LogP contribution is -2.03. The van der Waals surface area contributed by atoms with E-state index in [1.165, 1.54) is 7.11 Å². The van der Waals surface area contributed by atoms with Gasteiger partial charge in [-0.3, -0.25) is 0 Å². The van der Waals surface area contributed by atoms with Crippen molar-refractivity contribution in [3.63, 3.8) is 0 Å². The van der Waals surface area contributed by atoms with Crippen molar-refractivity contribution in [2.75, 3.05) is 19.5 Å². The lowest BCUT2D eigenvalue weighted by molar-refractivity contribution is 0.0600. The Bertz CT molecular complexity index is 579. The number of esters is 1. The van der Waals surface area contributed by atoms with Gasteiger partial charge in [0.15, 0.2) is 0 Å². The number of benzene rings is 2. The van der Waals surface area contributed by atoms with Crippen LogP contribution in [0.15, 0.2) is 48.5 Å². The average molecular weight is 271 g/mol. The van der Waals surface area contributed by atoms with Crippen LogP contribution in [0.2, 0.25) is 0 Å². The highest BCUT2D eigenvalue weighted by molar-refractivity contribution is 5.89. The van der Waals surface area contributed by atoms with Crippen LogP contribution in [0, 0.1) is 0 Å². The Morgan fingerprint density at radius 1 is 1.05 bits per heavy atom. The summed E-state index contributed by atoms with van der Waals surface area (Å²) >= 11 is 0. The number of rotatable bonds is 5. The standard InChI is InChI=1S/C16H17NO3/c1-19-15-6-4-3-5-14(15)17-11-12-7-9-13(10-8-12)16(18)20-2/h3-10,17H,11H2,1-2H3. The topological polar surface area (TPSA) is 47.6 Å². The lowest BCUT2D eigenvalue weighted by Gasteiger charge is -2.11. The predicted octanol–water partition coefficient (Wildman–Crippen LogP) is 3.09. The first-order valence-electron chi connectivity index (χ1n) is 6.28. The second-order valence-corrected chi connectivity index (χ2v) is 4.24. The number of methoxy groups -OCH3 is 2. The molecule has 2 aromatic rings. The zero-order valence-corrected chi connectivity index (χ0v) is 11.6. The number of ether oxygens (including phenoxy) is 2. The molecule has 0 atom stereocenters. The molecule has 2 aromatic carbocycles. The van der Waals surface area contributed by atoms with Crippen molar-refractivity contribution in [3.05, 3.63) is 59.7 Å². The molecule has 0 aliphatic carbocycles. The number of carbonyl (C=O) groups excluding carboxylic acids is 1. The first-order valence-corrected chi connectivity index (χ1v) is 6.28. The van der Waals surface area contributed by atoms with Gasteiger partial charge in [0.05, 0.1) is 25.5 Å². The van der Waals surface area contributed by atoms with E-state index < -0.39 is 0 Å². The summed E-state index contributed by atoms with van der Waals surface area (Å²) in [5.74, 6) is 0.480. The number of hydrogen-bond donors (Lipinski definition) is 1. The first kappa shape index (κ1) is 13.9. The summed E-state index contributed by atoms with van der Waals surface area (Å²) in [5.41, 5.74) is 2.56. The molecule has 0 unspecified atom stereocenters. The van der Waals surface area contributed by atoms with Crippen LogP contribution >= 0.6 is 0 Å². The molecule has 0 saturated carbocycles. The van der Waals surface area contributed by atoms with Gasteiger partial charge >= 0.3 is 5.97 Å². The molecule has 104 valence electrons. The molecule has 2 rings (SSSR count). The fourth-order valence-corrected chi connectivity index (χ4v) is 1.86. The van der Waals surface area contributed by atoms with Crippen molar-refractivity contribution in [2.45, 2.75) is 6.54 Å². The zero-order chi connectivity index (χ0) is 14.4. The SMILES string of the molecule is COC(=O)c1ccc(CNc2ccccc2OC)cc1. The summed E-state index contributed by atoms with van der Waals surface area (Å²) in [6.07, 6.45) is 0. The number of para-hydroxylation sites is 2. The summed E-state index contributed by atoms with van der Waals surface area (Å²) in [5, 5.41) is 3.30. The minimum atomic E-state index is -0.325. The van der Waals surface area contributed by atoms with Gasteiger partial charge in [-0.25, -0.2) is 4.79 Å². The normalized spacial score (nSPS) is 9.90. The van der Waals surface area contributed by atoms with Gasteiger partial charge < -0.3 is 14.8 Å². The second-order valence-electron chi connectivity index (χ2n) is 4.24. The van der Waals surface area contributed by atoms with E-state index in [1.807, 2.05) is 36.4 Å². The Morgan fingerprint density at radius 2 is 1.75 bits per heavy atom. The highest BCUT2D eigenvalue weighted by atomic mass is 16.5. The number of nitrogens with one attached hydrogen (secondary N) is 1. The summed E-state index contributed by atoms with van der Waals surface area (Å²) in [7, 11) is 3.02. The number of anilines is 1. The Labute approximate surface area is 118 Å². The predicted molar refractivity (Wildman–Crippen MR) is 78.1 cm³/mol. The molecule has 0 aliphatic rings. The maximum absolute atomic E-state index is 11.3. The summed E-state index contributed by atoms with van der Waals surface area (Å²) in [6, 6.07) is 15.0. The van der Waals surface area contributed by atoms with Gasteiger partial charge in [-0.15, -0.1) is 0 Å². The molecule has 4 heteroatoms. The van der Waals surface area contributed by atoms with Crippen molar-refractivity contribution in [1.82, 2.24) is 0 Å². The molecule has 0 radical (unpaired) electrons. The lowest BCUT2D eigenvalue weighted by atomic mass is 10.1. The molecule has 1 N–H and O–H groups in total. The highest BCUT2D eigenvalue weighted by Crippen LogP contribution is 2.23. The smallest absolute Gasteiger partial charge is 0.337 e. The molecule has 20 heavy (non-hydrogen) atoms. The van der Waals surface area contributed by atoms with Crippen molar-refractivity contribution < 1.29 is 14.3 Å². The maximum atomic E-state index is 11.3. The van der Waals surface area contributed by atoms with Crippen LogP contribution < -0.4 is 10.1 Å². The zero-order valence-electron chi connectivity index (χ0n) is 11.6.